The van der Waals surface area contributed by atoms with E-state index in [-0.39, 0.29) is 28.5 Å². The van der Waals surface area contributed by atoms with E-state index in [4.69, 9.17) is 4.74 Å². The molecule has 3 heteroatoms. The van der Waals surface area contributed by atoms with E-state index in [9.17, 15) is 9.90 Å². The Morgan fingerprint density at radius 3 is 2.50 bits per heavy atom. The van der Waals surface area contributed by atoms with E-state index in [1.807, 2.05) is 13.0 Å². The summed E-state index contributed by atoms with van der Waals surface area (Å²) in [6.07, 6.45) is 4.54. The summed E-state index contributed by atoms with van der Waals surface area (Å²) in [6.45, 7) is 7.73. The molecule has 3 atom stereocenters. The molecule has 1 aliphatic carbocycles. The quantitative estimate of drug-likeness (QED) is 0.575. The van der Waals surface area contributed by atoms with E-state index in [2.05, 4.69) is 13.8 Å². The molecule has 90 valence electrons. The van der Waals surface area contributed by atoms with Gasteiger partial charge in [-0.05, 0) is 32.4 Å². The minimum atomic E-state index is -0.370. The van der Waals surface area contributed by atoms with Crippen LogP contribution < -0.4 is 0 Å². The van der Waals surface area contributed by atoms with Crippen LogP contribution in [-0.2, 0) is 9.53 Å². The van der Waals surface area contributed by atoms with Gasteiger partial charge in [0, 0.05) is 11.8 Å². The van der Waals surface area contributed by atoms with Crippen LogP contribution in [0.4, 0.5) is 0 Å². The maximum Gasteiger partial charge on any atom is 0.152 e. The van der Waals surface area contributed by atoms with E-state index >= 15 is 0 Å². The number of allylic oxidation sites excluding steroid dienone is 1. The smallest absolute Gasteiger partial charge is 0.152 e. The molecule has 0 aromatic heterocycles. The summed E-state index contributed by atoms with van der Waals surface area (Å²) in [5.41, 5.74) is -0.809. The van der Waals surface area contributed by atoms with Crippen LogP contribution in [0.25, 0.3) is 0 Å². The monoisotopic (exact) mass is 224 g/mol. The number of carbonyl (C=O) groups is 1. The lowest BCUT2D eigenvalue weighted by atomic mass is 9.63. The van der Waals surface area contributed by atoms with Gasteiger partial charge in [-0.1, -0.05) is 13.8 Å². The Bertz CT molecular complexity index is 358. The molecule has 2 fully saturated rings. The number of carbonyl (C=O) groups excluding carboxylic acids is 1. The van der Waals surface area contributed by atoms with Gasteiger partial charge >= 0.3 is 0 Å². The average Bonchev–Trinajstić information content (AvgIpc) is 2.67. The highest BCUT2D eigenvalue weighted by Crippen LogP contribution is 2.65. The molecule has 2 aliphatic rings. The number of rotatable bonds is 2. The number of fused-ring (bicyclic) bond motifs is 1. The minimum absolute atomic E-state index is 0.0362. The first-order valence-corrected chi connectivity index (χ1v) is 5.80. The van der Waals surface area contributed by atoms with E-state index in [1.54, 1.807) is 6.08 Å². The van der Waals surface area contributed by atoms with Gasteiger partial charge in [-0.2, -0.15) is 0 Å². The summed E-state index contributed by atoms with van der Waals surface area (Å²) in [5.74, 6) is 0.0362. The summed E-state index contributed by atoms with van der Waals surface area (Å²) in [7, 11) is 0. The highest BCUT2D eigenvalue weighted by molar-refractivity contribution is 5.87. The highest BCUT2D eigenvalue weighted by Gasteiger charge is 2.74. The Morgan fingerprint density at radius 2 is 2.00 bits per heavy atom. The van der Waals surface area contributed by atoms with Gasteiger partial charge in [0.2, 0.25) is 0 Å². The lowest BCUT2D eigenvalue weighted by molar-refractivity contribution is -0.112. The summed E-state index contributed by atoms with van der Waals surface area (Å²) >= 11 is 0. The number of epoxide rings is 1. The summed E-state index contributed by atoms with van der Waals surface area (Å²) in [5, 5.41) is 9.83. The van der Waals surface area contributed by atoms with Crippen LogP contribution in [0, 0.1) is 5.41 Å². The van der Waals surface area contributed by atoms with Crippen molar-refractivity contribution in [3.8, 4) is 0 Å². The van der Waals surface area contributed by atoms with Crippen LogP contribution in [-0.4, -0.2) is 28.2 Å². The first-order valence-electron chi connectivity index (χ1n) is 5.80. The van der Waals surface area contributed by atoms with Crippen LogP contribution in [0.15, 0.2) is 12.2 Å². The van der Waals surface area contributed by atoms with Crippen molar-refractivity contribution < 1.29 is 14.6 Å². The van der Waals surface area contributed by atoms with Crippen molar-refractivity contribution in [2.45, 2.75) is 57.8 Å². The third kappa shape index (κ3) is 1.45. The fourth-order valence-corrected chi connectivity index (χ4v) is 3.31. The predicted octanol–water partition coefficient (Wildman–Crippen LogP) is 1.84. The number of aliphatic hydroxyl groups is 1. The zero-order chi connectivity index (χ0) is 12.2. The molecule has 1 aliphatic heterocycles. The van der Waals surface area contributed by atoms with Gasteiger partial charge in [-0.25, -0.2) is 0 Å². The maximum absolute atomic E-state index is 11.0. The average molecular weight is 224 g/mol. The first kappa shape index (κ1) is 11.8. The fraction of sp³-hybridized carbons (Fsp3) is 0.769. The number of aliphatic hydroxyl groups excluding tert-OH is 1. The van der Waals surface area contributed by atoms with Gasteiger partial charge in [0.25, 0.3) is 0 Å². The van der Waals surface area contributed by atoms with Crippen LogP contribution in [0.2, 0.25) is 0 Å². The van der Waals surface area contributed by atoms with Crippen molar-refractivity contribution in [3.63, 3.8) is 0 Å². The van der Waals surface area contributed by atoms with Crippen LogP contribution in [0.1, 0.15) is 40.5 Å². The van der Waals surface area contributed by atoms with Gasteiger partial charge in [-0.3, -0.25) is 4.79 Å². The van der Waals surface area contributed by atoms with Crippen LogP contribution >= 0.6 is 0 Å². The highest BCUT2D eigenvalue weighted by atomic mass is 16.6. The zero-order valence-corrected chi connectivity index (χ0v) is 10.4. The fourth-order valence-electron chi connectivity index (χ4n) is 3.31. The van der Waals surface area contributed by atoms with Crippen molar-refractivity contribution in [2.24, 2.45) is 5.41 Å². The molecular weight excluding hydrogens is 204 g/mol. The standard InChI is InChI=1S/C13H20O3/c1-9(14)5-6-13-11(2,3)7-10(15)8-12(13,4)16-13/h5-6,10,15H,7-8H2,1-4H3/b6-5+/t10-,12-,13+/m1/s1. The van der Waals surface area contributed by atoms with Crippen LogP contribution in [0.5, 0.6) is 0 Å². The number of ether oxygens (including phenoxy) is 1. The van der Waals surface area contributed by atoms with Gasteiger partial charge in [0.1, 0.15) is 11.2 Å². The van der Waals surface area contributed by atoms with Gasteiger partial charge < -0.3 is 9.84 Å². The van der Waals surface area contributed by atoms with E-state index in [0.29, 0.717) is 12.8 Å². The molecule has 3 nitrogen and oxygen atoms in total. The van der Waals surface area contributed by atoms with Crippen molar-refractivity contribution in [1.29, 1.82) is 0 Å². The molecule has 16 heavy (non-hydrogen) atoms. The molecular formula is C13H20O3. The Balaban J connectivity index is 2.31. The second-order valence-electron chi connectivity index (χ2n) is 5.96. The normalized spacial score (nSPS) is 45.4. The van der Waals surface area contributed by atoms with Crippen molar-refractivity contribution in [2.75, 3.05) is 0 Å². The molecule has 0 amide bonds. The van der Waals surface area contributed by atoms with Gasteiger partial charge in [-0.15, -0.1) is 0 Å². The number of hydrogen-bond donors (Lipinski definition) is 1. The molecule has 0 bridgehead atoms. The van der Waals surface area contributed by atoms with Crippen molar-refractivity contribution in [3.05, 3.63) is 12.2 Å². The lowest BCUT2D eigenvalue weighted by Crippen LogP contribution is -2.46. The second-order valence-corrected chi connectivity index (χ2v) is 5.96. The number of hydrogen-bond acceptors (Lipinski definition) is 3. The van der Waals surface area contributed by atoms with Crippen molar-refractivity contribution in [1.82, 2.24) is 0 Å². The molecule has 0 aromatic carbocycles. The second kappa shape index (κ2) is 3.17. The van der Waals surface area contributed by atoms with E-state index < -0.39 is 0 Å². The minimum Gasteiger partial charge on any atom is -0.393 e. The molecule has 0 spiro atoms. The molecule has 1 N–H and O–H groups in total. The van der Waals surface area contributed by atoms with E-state index in [0.717, 1.165) is 0 Å². The third-order valence-corrected chi connectivity index (χ3v) is 4.06. The maximum atomic E-state index is 11.0. The summed E-state index contributed by atoms with van der Waals surface area (Å²) in [4.78, 5) is 11.0. The molecule has 1 saturated carbocycles. The third-order valence-electron chi connectivity index (χ3n) is 4.06. The predicted molar refractivity (Wildman–Crippen MR) is 61.1 cm³/mol. The molecule has 0 aromatic rings. The molecule has 2 rings (SSSR count). The van der Waals surface area contributed by atoms with E-state index in [1.165, 1.54) is 6.92 Å². The number of ketones is 1. The molecule has 0 unspecified atom stereocenters. The topological polar surface area (TPSA) is 49.8 Å². The summed E-state index contributed by atoms with van der Waals surface area (Å²) in [6, 6.07) is 0. The molecule has 1 heterocycles. The summed E-state index contributed by atoms with van der Waals surface area (Å²) < 4.78 is 5.89. The Labute approximate surface area is 96.5 Å². The molecule has 0 radical (unpaired) electrons. The zero-order valence-electron chi connectivity index (χ0n) is 10.4. The Kier molecular flexibility index (Phi) is 2.34. The SMILES string of the molecule is CC(=O)/C=C/[C@@]12O[C@]1(C)C[C@H](O)CC2(C)C. The lowest BCUT2D eigenvalue weighted by Gasteiger charge is -2.38. The van der Waals surface area contributed by atoms with Gasteiger partial charge in [0.15, 0.2) is 5.78 Å². The molecule has 1 saturated heterocycles. The Morgan fingerprint density at radius 1 is 1.38 bits per heavy atom. The largest absolute Gasteiger partial charge is 0.393 e. The van der Waals surface area contributed by atoms with Crippen molar-refractivity contribution >= 4 is 5.78 Å². The van der Waals surface area contributed by atoms with Gasteiger partial charge in [0.05, 0.1) is 6.10 Å². The first-order chi connectivity index (χ1) is 7.22. The van der Waals surface area contributed by atoms with Crippen LogP contribution in [0.3, 0.4) is 0 Å². The Hall–Kier alpha value is -0.670.